The van der Waals surface area contributed by atoms with Crippen molar-refractivity contribution in [3.8, 4) is 0 Å². The molecule has 1 amide bonds. The number of rotatable bonds is 6. The summed E-state index contributed by atoms with van der Waals surface area (Å²) in [5.41, 5.74) is 7.81. The van der Waals surface area contributed by atoms with Gasteiger partial charge in [0, 0.05) is 37.4 Å². The number of benzene rings is 2. The zero-order valence-electron chi connectivity index (χ0n) is 13.6. The number of carbonyl (C=O) groups excluding carboxylic acids is 1. The van der Waals surface area contributed by atoms with Crippen LogP contribution in [0.3, 0.4) is 0 Å². The highest BCUT2D eigenvalue weighted by atomic mass is 16.2. The predicted molar refractivity (Wildman–Crippen MR) is 96.4 cm³/mol. The molecule has 0 unspecified atom stereocenters. The second kappa shape index (κ2) is 7.70. The summed E-state index contributed by atoms with van der Waals surface area (Å²) in [7, 11) is 0. The Morgan fingerprint density at radius 3 is 2.62 bits per heavy atom. The van der Waals surface area contributed by atoms with E-state index in [2.05, 4.69) is 11.1 Å². The highest BCUT2D eigenvalue weighted by molar-refractivity contribution is 5.84. The fourth-order valence-corrected chi connectivity index (χ4v) is 2.78. The van der Waals surface area contributed by atoms with Crippen LogP contribution in [0.15, 0.2) is 67.0 Å². The van der Waals surface area contributed by atoms with Crippen LogP contribution < -0.4 is 5.73 Å². The van der Waals surface area contributed by atoms with Crippen LogP contribution in [-0.4, -0.2) is 28.9 Å². The maximum Gasteiger partial charge on any atom is 0.227 e. The van der Waals surface area contributed by atoms with Crippen LogP contribution in [0.2, 0.25) is 0 Å². The van der Waals surface area contributed by atoms with Gasteiger partial charge in [-0.05, 0) is 22.6 Å². The predicted octanol–water partition coefficient (Wildman–Crippen LogP) is 2.76. The van der Waals surface area contributed by atoms with Crippen molar-refractivity contribution in [2.45, 2.75) is 13.0 Å². The number of aromatic nitrogens is 1. The van der Waals surface area contributed by atoms with Crippen LogP contribution in [-0.2, 0) is 17.8 Å². The molecule has 0 spiro atoms. The second-order valence-corrected chi connectivity index (χ2v) is 5.82. The van der Waals surface area contributed by atoms with Crippen LogP contribution in [0.4, 0.5) is 0 Å². The Balaban J connectivity index is 1.74. The highest BCUT2D eigenvalue weighted by Crippen LogP contribution is 2.16. The van der Waals surface area contributed by atoms with Crippen molar-refractivity contribution in [3.05, 3.63) is 78.1 Å². The minimum Gasteiger partial charge on any atom is -0.337 e. The first-order valence-corrected chi connectivity index (χ1v) is 8.10. The topological polar surface area (TPSA) is 59.2 Å². The maximum absolute atomic E-state index is 12.7. The van der Waals surface area contributed by atoms with E-state index in [1.54, 1.807) is 6.20 Å². The Morgan fingerprint density at radius 2 is 1.83 bits per heavy atom. The minimum absolute atomic E-state index is 0.0951. The lowest BCUT2D eigenvalue weighted by Gasteiger charge is -2.22. The van der Waals surface area contributed by atoms with E-state index in [4.69, 9.17) is 5.73 Å². The summed E-state index contributed by atoms with van der Waals surface area (Å²) in [6, 6.07) is 18.0. The first-order chi connectivity index (χ1) is 11.8. The fraction of sp³-hybridized carbons (Fsp3) is 0.200. The van der Waals surface area contributed by atoms with Gasteiger partial charge in [0.25, 0.3) is 0 Å². The van der Waals surface area contributed by atoms with E-state index in [-0.39, 0.29) is 5.91 Å². The lowest BCUT2D eigenvalue weighted by Crippen LogP contribution is -2.35. The summed E-state index contributed by atoms with van der Waals surface area (Å²) in [5, 5.41) is 2.18. The van der Waals surface area contributed by atoms with Crippen LogP contribution in [0.5, 0.6) is 0 Å². The first kappa shape index (κ1) is 16.1. The molecular weight excluding hydrogens is 298 g/mol. The Kier molecular flexibility index (Phi) is 5.18. The molecule has 0 aliphatic rings. The number of fused-ring (bicyclic) bond motifs is 1. The Labute approximate surface area is 141 Å². The van der Waals surface area contributed by atoms with Crippen molar-refractivity contribution < 1.29 is 4.79 Å². The number of nitrogens with zero attached hydrogens (tertiary/aromatic N) is 2. The summed E-state index contributed by atoms with van der Waals surface area (Å²) in [6.07, 6.45) is 3.98. The minimum atomic E-state index is 0.0951. The number of hydrogen-bond donors (Lipinski definition) is 1. The van der Waals surface area contributed by atoms with Crippen LogP contribution in [0, 0.1) is 0 Å². The van der Waals surface area contributed by atoms with Gasteiger partial charge in [-0.3, -0.25) is 9.78 Å². The summed E-state index contributed by atoms with van der Waals surface area (Å²) in [6.45, 7) is 1.61. The zero-order chi connectivity index (χ0) is 16.8. The fourth-order valence-electron chi connectivity index (χ4n) is 2.78. The lowest BCUT2D eigenvalue weighted by atomic mass is 10.1. The van der Waals surface area contributed by atoms with E-state index in [1.807, 2.05) is 59.6 Å². The van der Waals surface area contributed by atoms with Gasteiger partial charge in [-0.15, -0.1) is 0 Å². The SMILES string of the molecule is NCCN(Cc1ccccc1)C(=O)Cc1ccc2cnccc2c1. The molecule has 3 rings (SSSR count). The summed E-state index contributed by atoms with van der Waals surface area (Å²) in [5.74, 6) is 0.0951. The van der Waals surface area contributed by atoms with Crippen LogP contribution in [0.1, 0.15) is 11.1 Å². The van der Waals surface area contributed by atoms with Crippen LogP contribution in [0.25, 0.3) is 10.8 Å². The van der Waals surface area contributed by atoms with Gasteiger partial charge in [-0.25, -0.2) is 0 Å². The molecule has 0 saturated carbocycles. The zero-order valence-corrected chi connectivity index (χ0v) is 13.6. The molecule has 0 fully saturated rings. The van der Waals surface area contributed by atoms with Gasteiger partial charge in [0.1, 0.15) is 0 Å². The molecule has 2 aromatic carbocycles. The second-order valence-electron chi connectivity index (χ2n) is 5.82. The van der Waals surface area contributed by atoms with E-state index in [9.17, 15) is 4.79 Å². The van der Waals surface area contributed by atoms with E-state index in [1.165, 1.54) is 0 Å². The normalized spacial score (nSPS) is 10.7. The number of nitrogens with two attached hydrogens (primary N) is 1. The molecule has 2 N–H and O–H groups in total. The molecule has 0 aliphatic carbocycles. The molecule has 0 atom stereocenters. The van der Waals surface area contributed by atoms with Gasteiger partial charge in [-0.2, -0.15) is 0 Å². The van der Waals surface area contributed by atoms with E-state index in [0.717, 1.165) is 21.9 Å². The van der Waals surface area contributed by atoms with Gasteiger partial charge < -0.3 is 10.6 Å². The molecule has 0 radical (unpaired) electrons. The average molecular weight is 319 g/mol. The molecule has 4 heteroatoms. The third-order valence-electron chi connectivity index (χ3n) is 4.03. The Morgan fingerprint density at radius 1 is 1.00 bits per heavy atom. The maximum atomic E-state index is 12.7. The van der Waals surface area contributed by atoms with Crippen molar-refractivity contribution in [1.82, 2.24) is 9.88 Å². The molecule has 1 aromatic heterocycles. The first-order valence-electron chi connectivity index (χ1n) is 8.10. The number of pyridine rings is 1. The average Bonchev–Trinajstić information content (AvgIpc) is 2.62. The molecule has 0 aliphatic heterocycles. The number of amides is 1. The molecule has 3 aromatic rings. The number of hydrogen-bond acceptors (Lipinski definition) is 3. The molecule has 0 bridgehead atoms. The largest absolute Gasteiger partial charge is 0.337 e. The molecule has 0 saturated heterocycles. The van der Waals surface area contributed by atoms with Crippen molar-refractivity contribution >= 4 is 16.7 Å². The highest BCUT2D eigenvalue weighted by Gasteiger charge is 2.14. The summed E-state index contributed by atoms with van der Waals surface area (Å²) >= 11 is 0. The quantitative estimate of drug-likeness (QED) is 0.760. The summed E-state index contributed by atoms with van der Waals surface area (Å²) < 4.78 is 0. The molecule has 122 valence electrons. The van der Waals surface area contributed by atoms with E-state index in [0.29, 0.717) is 26.1 Å². The Hall–Kier alpha value is -2.72. The molecule has 24 heavy (non-hydrogen) atoms. The standard InChI is InChI=1S/C20H21N3O/c21-9-11-23(15-16-4-2-1-3-5-16)20(24)13-17-6-7-19-14-22-10-8-18(19)12-17/h1-8,10,12,14H,9,11,13,15,21H2. The van der Waals surface area contributed by atoms with Crippen molar-refractivity contribution in [1.29, 1.82) is 0 Å². The van der Waals surface area contributed by atoms with Gasteiger partial charge in [0.05, 0.1) is 6.42 Å². The van der Waals surface area contributed by atoms with E-state index >= 15 is 0 Å². The van der Waals surface area contributed by atoms with Crippen molar-refractivity contribution in [2.24, 2.45) is 5.73 Å². The monoisotopic (exact) mass is 319 g/mol. The van der Waals surface area contributed by atoms with Crippen LogP contribution >= 0.6 is 0 Å². The lowest BCUT2D eigenvalue weighted by molar-refractivity contribution is -0.131. The van der Waals surface area contributed by atoms with Gasteiger partial charge in [-0.1, -0.05) is 48.5 Å². The number of carbonyl (C=O) groups is 1. The van der Waals surface area contributed by atoms with Gasteiger partial charge >= 0.3 is 0 Å². The smallest absolute Gasteiger partial charge is 0.227 e. The third kappa shape index (κ3) is 3.97. The third-order valence-corrected chi connectivity index (χ3v) is 4.03. The van der Waals surface area contributed by atoms with Gasteiger partial charge in [0.2, 0.25) is 5.91 Å². The van der Waals surface area contributed by atoms with E-state index < -0.39 is 0 Å². The molecule has 1 heterocycles. The Bertz CT molecular complexity index is 817. The van der Waals surface area contributed by atoms with Crippen molar-refractivity contribution in [3.63, 3.8) is 0 Å². The molecular formula is C20H21N3O. The van der Waals surface area contributed by atoms with Gasteiger partial charge in [0.15, 0.2) is 0 Å². The molecule has 4 nitrogen and oxygen atoms in total. The van der Waals surface area contributed by atoms with Crippen molar-refractivity contribution in [2.75, 3.05) is 13.1 Å². The summed E-state index contributed by atoms with van der Waals surface area (Å²) in [4.78, 5) is 18.6.